The SMILES string of the molecule is O=[N+]([O-])c1ccc(-c2csc(N3N=C(c4ccc(Br)cc4)C[C@]3(O)C(F)(F)F)n2)cc1. The molecule has 1 atom stereocenters. The zero-order valence-corrected chi connectivity index (χ0v) is 17.8. The molecule has 0 unspecified atom stereocenters. The molecule has 7 nitrogen and oxygen atoms in total. The van der Waals surface area contributed by atoms with E-state index in [-0.39, 0.29) is 16.5 Å². The van der Waals surface area contributed by atoms with Crippen LogP contribution in [0.15, 0.2) is 63.5 Å². The minimum atomic E-state index is -4.99. The van der Waals surface area contributed by atoms with Crippen LogP contribution in [-0.4, -0.2) is 32.6 Å². The number of thiazole rings is 1. The van der Waals surface area contributed by atoms with E-state index in [1.54, 1.807) is 24.3 Å². The molecule has 0 saturated carbocycles. The maximum Gasteiger partial charge on any atom is 0.438 e. The fourth-order valence-electron chi connectivity index (χ4n) is 3.02. The molecule has 0 fully saturated rings. The minimum absolute atomic E-state index is 0.0689. The molecule has 2 aromatic carbocycles. The summed E-state index contributed by atoms with van der Waals surface area (Å²) >= 11 is 4.15. The van der Waals surface area contributed by atoms with Crippen LogP contribution in [0.25, 0.3) is 11.3 Å². The van der Waals surface area contributed by atoms with Gasteiger partial charge in [0, 0.05) is 27.5 Å². The number of alkyl halides is 3. The largest absolute Gasteiger partial charge is 0.438 e. The number of hydrogen-bond donors (Lipinski definition) is 1. The molecule has 0 radical (unpaired) electrons. The lowest BCUT2D eigenvalue weighted by atomic mass is 10.0. The molecule has 0 amide bonds. The molecule has 3 aromatic rings. The van der Waals surface area contributed by atoms with Gasteiger partial charge >= 0.3 is 6.18 Å². The second-order valence-corrected chi connectivity index (χ2v) is 8.43. The van der Waals surface area contributed by atoms with Gasteiger partial charge in [0.1, 0.15) is 0 Å². The molecular formula is C19H12BrF3N4O3S. The summed E-state index contributed by atoms with van der Waals surface area (Å²) in [6.45, 7) is 0. The Labute approximate surface area is 185 Å². The number of nitro groups is 1. The maximum atomic E-state index is 13.8. The van der Waals surface area contributed by atoms with Crippen molar-refractivity contribution in [3.63, 3.8) is 0 Å². The number of nitro benzene ring substituents is 1. The number of hydrogen-bond acceptors (Lipinski definition) is 7. The smallest absolute Gasteiger partial charge is 0.362 e. The molecule has 12 heteroatoms. The van der Waals surface area contributed by atoms with E-state index in [1.807, 2.05) is 0 Å². The predicted molar refractivity (Wildman–Crippen MR) is 113 cm³/mol. The van der Waals surface area contributed by atoms with Crippen LogP contribution < -0.4 is 5.01 Å². The fourth-order valence-corrected chi connectivity index (χ4v) is 4.13. The van der Waals surface area contributed by atoms with Crippen molar-refractivity contribution in [3.8, 4) is 11.3 Å². The highest BCUT2D eigenvalue weighted by molar-refractivity contribution is 9.10. The van der Waals surface area contributed by atoms with Crippen LogP contribution in [0.4, 0.5) is 24.0 Å². The van der Waals surface area contributed by atoms with Gasteiger partial charge in [0.25, 0.3) is 11.4 Å². The lowest BCUT2D eigenvalue weighted by Crippen LogP contribution is -2.55. The van der Waals surface area contributed by atoms with Crippen LogP contribution in [0.2, 0.25) is 0 Å². The Kier molecular flexibility index (Phi) is 5.31. The molecule has 160 valence electrons. The summed E-state index contributed by atoms with van der Waals surface area (Å²) in [6.07, 6.45) is -5.75. The van der Waals surface area contributed by atoms with Gasteiger partial charge in [-0.1, -0.05) is 28.1 Å². The van der Waals surface area contributed by atoms with Crippen molar-refractivity contribution >= 4 is 43.8 Å². The van der Waals surface area contributed by atoms with Crippen molar-refractivity contribution in [2.24, 2.45) is 5.10 Å². The Bertz CT molecular complexity index is 1170. The Morgan fingerprint density at radius 2 is 1.74 bits per heavy atom. The van der Waals surface area contributed by atoms with Gasteiger partial charge in [-0.25, -0.2) is 4.98 Å². The molecule has 1 aromatic heterocycles. The third kappa shape index (κ3) is 3.93. The zero-order chi connectivity index (χ0) is 22.4. The topological polar surface area (TPSA) is 91.9 Å². The number of anilines is 1. The van der Waals surface area contributed by atoms with Gasteiger partial charge in [-0.05, 0) is 29.8 Å². The molecule has 0 spiro atoms. The van der Waals surface area contributed by atoms with Crippen LogP contribution in [0.5, 0.6) is 0 Å². The molecule has 0 aliphatic carbocycles. The van der Waals surface area contributed by atoms with E-state index < -0.39 is 23.2 Å². The number of aliphatic hydroxyl groups is 1. The number of benzene rings is 2. The van der Waals surface area contributed by atoms with Gasteiger partial charge in [0.15, 0.2) is 0 Å². The van der Waals surface area contributed by atoms with Crippen molar-refractivity contribution in [2.45, 2.75) is 18.3 Å². The molecule has 2 heterocycles. The summed E-state index contributed by atoms with van der Waals surface area (Å²) < 4.78 is 42.2. The summed E-state index contributed by atoms with van der Waals surface area (Å²) in [4.78, 5) is 14.4. The van der Waals surface area contributed by atoms with Gasteiger partial charge in [0.2, 0.25) is 5.13 Å². The van der Waals surface area contributed by atoms with Crippen LogP contribution in [0, 0.1) is 10.1 Å². The van der Waals surface area contributed by atoms with Crippen molar-refractivity contribution in [2.75, 3.05) is 5.01 Å². The highest BCUT2D eigenvalue weighted by Crippen LogP contribution is 2.45. The monoisotopic (exact) mass is 512 g/mol. The molecule has 1 aliphatic rings. The molecule has 1 N–H and O–H groups in total. The van der Waals surface area contributed by atoms with Crippen LogP contribution in [0.3, 0.4) is 0 Å². The Morgan fingerprint density at radius 3 is 2.32 bits per heavy atom. The first-order valence-electron chi connectivity index (χ1n) is 8.71. The van der Waals surface area contributed by atoms with Gasteiger partial charge in [-0.3, -0.25) is 10.1 Å². The Hall–Kier alpha value is -2.83. The number of halogens is 4. The molecule has 1 aliphatic heterocycles. The normalized spacial score (nSPS) is 18.9. The van der Waals surface area contributed by atoms with E-state index in [0.29, 0.717) is 21.8 Å². The van der Waals surface area contributed by atoms with E-state index in [0.717, 1.165) is 15.8 Å². The van der Waals surface area contributed by atoms with E-state index in [2.05, 4.69) is 26.0 Å². The third-order valence-corrected chi connectivity index (χ3v) is 6.01. The molecule has 0 bridgehead atoms. The van der Waals surface area contributed by atoms with Gasteiger partial charge in [-0.15, -0.1) is 11.3 Å². The van der Waals surface area contributed by atoms with Gasteiger partial charge < -0.3 is 5.11 Å². The third-order valence-electron chi connectivity index (χ3n) is 4.66. The van der Waals surface area contributed by atoms with Crippen molar-refractivity contribution in [1.29, 1.82) is 0 Å². The standard InChI is InChI=1S/C19H12BrF3N4O3S/c20-13-5-1-11(2-6-13)15-9-18(28,19(21,22)23)26(25-15)17-24-16(10-31-17)12-3-7-14(8-4-12)27(29)30/h1-8,10,28H,9H2/t18-/m0/s1. The van der Waals surface area contributed by atoms with Crippen LogP contribution in [0.1, 0.15) is 12.0 Å². The predicted octanol–water partition coefficient (Wildman–Crippen LogP) is 5.35. The molecule has 0 saturated heterocycles. The quantitative estimate of drug-likeness (QED) is 0.376. The summed E-state index contributed by atoms with van der Waals surface area (Å²) in [7, 11) is 0. The number of aromatic nitrogens is 1. The first kappa shape index (κ1) is 21.4. The summed E-state index contributed by atoms with van der Waals surface area (Å²) in [5.41, 5.74) is -2.06. The fraction of sp³-hybridized carbons (Fsp3) is 0.158. The second-order valence-electron chi connectivity index (χ2n) is 6.68. The average Bonchev–Trinajstić information content (AvgIpc) is 3.33. The Balaban J connectivity index is 1.71. The summed E-state index contributed by atoms with van der Waals surface area (Å²) in [5, 5.41) is 27.2. The van der Waals surface area contributed by atoms with Crippen molar-refractivity contribution < 1.29 is 23.2 Å². The van der Waals surface area contributed by atoms with E-state index in [9.17, 15) is 28.4 Å². The van der Waals surface area contributed by atoms with E-state index in [1.165, 1.54) is 29.6 Å². The molecular weight excluding hydrogens is 501 g/mol. The lowest BCUT2D eigenvalue weighted by Gasteiger charge is -2.32. The summed E-state index contributed by atoms with van der Waals surface area (Å²) in [5.74, 6) is 0. The summed E-state index contributed by atoms with van der Waals surface area (Å²) in [6, 6.07) is 12.0. The van der Waals surface area contributed by atoms with Crippen LogP contribution in [-0.2, 0) is 0 Å². The Morgan fingerprint density at radius 1 is 1.13 bits per heavy atom. The van der Waals surface area contributed by atoms with E-state index >= 15 is 0 Å². The molecule has 4 rings (SSSR count). The first-order chi connectivity index (χ1) is 14.6. The average molecular weight is 513 g/mol. The molecule has 31 heavy (non-hydrogen) atoms. The maximum absolute atomic E-state index is 13.8. The minimum Gasteiger partial charge on any atom is -0.362 e. The van der Waals surface area contributed by atoms with E-state index in [4.69, 9.17) is 0 Å². The number of hydrazone groups is 1. The number of nitrogens with zero attached hydrogens (tertiary/aromatic N) is 4. The van der Waals surface area contributed by atoms with Gasteiger partial charge in [0.05, 0.1) is 22.7 Å². The van der Waals surface area contributed by atoms with Gasteiger partial charge in [-0.2, -0.15) is 23.3 Å². The number of non-ortho nitro benzene ring substituents is 1. The lowest BCUT2D eigenvalue weighted by molar-refractivity contribution is -0.384. The highest BCUT2D eigenvalue weighted by Gasteiger charge is 2.62. The zero-order valence-electron chi connectivity index (χ0n) is 15.4. The number of rotatable bonds is 4. The van der Waals surface area contributed by atoms with Crippen LogP contribution >= 0.6 is 27.3 Å². The van der Waals surface area contributed by atoms with Crippen molar-refractivity contribution in [1.82, 2.24) is 4.98 Å². The first-order valence-corrected chi connectivity index (χ1v) is 10.4. The van der Waals surface area contributed by atoms with Crippen molar-refractivity contribution in [3.05, 3.63) is 74.1 Å². The highest BCUT2D eigenvalue weighted by atomic mass is 79.9. The second kappa shape index (κ2) is 7.70.